The van der Waals surface area contributed by atoms with Crippen LogP contribution in [0, 0.1) is 0 Å². The first-order chi connectivity index (χ1) is 6.24. The van der Waals surface area contributed by atoms with Gasteiger partial charge in [0.2, 0.25) is 5.91 Å². The molecule has 1 aromatic rings. The molecule has 0 aliphatic heterocycles. The molecule has 0 unspecified atom stereocenters. The molecule has 3 N–H and O–H groups in total. The molecule has 0 atom stereocenters. The second-order valence-electron chi connectivity index (χ2n) is 2.76. The van der Waals surface area contributed by atoms with Crippen LogP contribution in [0.15, 0.2) is 12.3 Å². The van der Waals surface area contributed by atoms with Gasteiger partial charge in [0.1, 0.15) is 0 Å². The Labute approximate surface area is 76.9 Å². The molecule has 1 heterocycles. The molecule has 0 aliphatic rings. The van der Waals surface area contributed by atoms with Gasteiger partial charge in [0.05, 0.1) is 12.2 Å². The largest absolute Gasteiger partial charge is 0.350 e. The van der Waals surface area contributed by atoms with Gasteiger partial charge in [-0.15, -0.1) is 0 Å². The van der Waals surface area contributed by atoms with Crippen molar-refractivity contribution >= 4 is 5.91 Å². The van der Waals surface area contributed by atoms with E-state index in [1.807, 2.05) is 13.1 Å². The number of nitrogens with two attached hydrogens (primary N) is 1. The molecule has 13 heavy (non-hydrogen) atoms. The molecular formula is C8H14N4O. The lowest BCUT2D eigenvalue weighted by atomic mass is 10.3. The fourth-order valence-corrected chi connectivity index (χ4v) is 0.983. The van der Waals surface area contributed by atoms with E-state index < -0.39 is 0 Å². The monoisotopic (exact) mass is 182 g/mol. The molecule has 0 aliphatic carbocycles. The summed E-state index contributed by atoms with van der Waals surface area (Å²) in [6, 6.07) is 1.86. The normalized spacial score (nSPS) is 10.0. The summed E-state index contributed by atoms with van der Waals surface area (Å²) >= 11 is 0. The van der Waals surface area contributed by atoms with Crippen molar-refractivity contribution in [2.45, 2.75) is 13.0 Å². The Balaban J connectivity index is 2.35. The van der Waals surface area contributed by atoms with Crippen LogP contribution in [0.2, 0.25) is 0 Å². The van der Waals surface area contributed by atoms with Crippen LogP contribution >= 0.6 is 0 Å². The first-order valence-electron chi connectivity index (χ1n) is 4.17. The Morgan fingerprint density at radius 1 is 1.77 bits per heavy atom. The molecule has 0 bridgehead atoms. The lowest BCUT2D eigenvalue weighted by Crippen LogP contribution is -2.25. The number of aromatic nitrogens is 2. The Hall–Kier alpha value is -1.36. The van der Waals surface area contributed by atoms with Gasteiger partial charge in [-0.05, 0) is 6.07 Å². The van der Waals surface area contributed by atoms with Crippen LogP contribution in [0.4, 0.5) is 0 Å². The van der Waals surface area contributed by atoms with Gasteiger partial charge in [0.15, 0.2) is 0 Å². The number of carbonyl (C=O) groups excluding carboxylic acids is 1. The fourth-order valence-electron chi connectivity index (χ4n) is 0.983. The highest BCUT2D eigenvalue weighted by Gasteiger charge is 2.01. The maximum absolute atomic E-state index is 11.0. The van der Waals surface area contributed by atoms with Gasteiger partial charge in [-0.1, -0.05) is 0 Å². The number of amides is 1. The standard InChI is InChI=1S/C8H14N4O/c1-12-7(3-5-11-12)6-10-8(13)2-4-9/h3,5H,2,4,6,9H2,1H3,(H,10,13). The third kappa shape index (κ3) is 2.87. The highest BCUT2D eigenvalue weighted by atomic mass is 16.1. The summed E-state index contributed by atoms with van der Waals surface area (Å²) in [4.78, 5) is 11.0. The second kappa shape index (κ2) is 4.61. The van der Waals surface area contributed by atoms with E-state index in [2.05, 4.69) is 10.4 Å². The zero-order valence-corrected chi connectivity index (χ0v) is 7.66. The first-order valence-corrected chi connectivity index (χ1v) is 4.17. The van der Waals surface area contributed by atoms with E-state index in [0.29, 0.717) is 19.5 Å². The van der Waals surface area contributed by atoms with Crippen molar-refractivity contribution in [1.82, 2.24) is 15.1 Å². The van der Waals surface area contributed by atoms with Crippen molar-refractivity contribution in [3.05, 3.63) is 18.0 Å². The molecule has 1 aromatic heterocycles. The lowest BCUT2D eigenvalue weighted by Gasteiger charge is -2.03. The molecule has 0 saturated heterocycles. The van der Waals surface area contributed by atoms with Crippen molar-refractivity contribution in [2.24, 2.45) is 12.8 Å². The van der Waals surface area contributed by atoms with Crippen LogP contribution in [0.1, 0.15) is 12.1 Å². The molecule has 0 radical (unpaired) electrons. The summed E-state index contributed by atoms with van der Waals surface area (Å²) in [6.45, 7) is 0.895. The topological polar surface area (TPSA) is 72.9 Å². The van der Waals surface area contributed by atoms with E-state index in [-0.39, 0.29) is 5.91 Å². The lowest BCUT2D eigenvalue weighted by molar-refractivity contribution is -0.121. The molecular weight excluding hydrogens is 168 g/mol. The molecule has 0 fully saturated rings. The van der Waals surface area contributed by atoms with Gasteiger partial charge in [-0.2, -0.15) is 5.10 Å². The number of hydrogen-bond acceptors (Lipinski definition) is 3. The summed E-state index contributed by atoms with van der Waals surface area (Å²) in [5, 5.41) is 6.73. The van der Waals surface area contributed by atoms with Gasteiger partial charge in [0.25, 0.3) is 0 Å². The fraction of sp³-hybridized carbons (Fsp3) is 0.500. The molecule has 0 saturated carbocycles. The Bertz CT molecular complexity index is 281. The second-order valence-corrected chi connectivity index (χ2v) is 2.76. The Morgan fingerprint density at radius 3 is 3.08 bits per heavy atom. The minimum absolute atomic E-state index is 0.0244. The summed E-state index contributed by atoms with van der Waals surface area (Å²) in [5.74, 6) is -0.0244. The Kier molecular flexibility index (Phi) is 3.45. The van der Waals surface area contributed by atoms with Crippen LogP contribution in [-0.2, 0) is 18.4 Å². The number of carbonyl (C=O) groups is 1. The van der Waals surface area contributed by atoms with E-state index in [1.165, 1.54) is 0 Å². The highest BCUT2D eigenvalue weighted by molar-refractivity contribution is 5.75. The van der Waals surface area contributed by atoms with Crippen molar-refractivity contribution in [3.8, 4) is 0 Å². The molecule has 5 heteroatoms. The summed E-state index contributed by atoms with van der Waals surface area (Å²) in [7, 11) is 1.84. The average molecular weight is 182 g/mol. The molecule has 5 nitrogen and oxygen atoms in total. The minimum atomic E-state index is -0.0244. The van der Waals surface area contributed by atoms with E-state index in [4.69, 9.17) is 5.73 Å². The van der Waals surface area contributed by atoms with Gasteiger partial charge in [0, 0.05) is 26.2 Å². The number of nitrogens with zero attached hydrogens (tertiary/aromatic N) is 2. The predicted octanol–water partition coefficient (Wildman–Crippen LogP) is -0.615. The van der Waals surface area contributed by atoms with Crippen LogP contribution < -0.4 is 11.1 Å². The van der Waals surface area contributed by atoms with Gasteiger partial charge in [-0.25, -0.2) is 0 Å². The van der Waals surface area contributed by atoms with Crippen molar-refractivity contribution in [1.29, 1.82) is 0 Å². The summed E-state index contributed by atoms with van der Waals surface area (Å²) in [5.41, 5.74) is 6.21. The van der Waals surface area contributed by atoms with Crippen molar-refractivity contribution in [3.63, 3.8) is 0 Å². The zero-order valence-electron chi connectivity index (χ0n) is 7.66. The van der Waals surface area contributed by atoms with Gasteiger partial charge < -0.3 is 11.1 Å². The zero-order chi connectivity index (χ0) is 9.68. The quantitative estimate of drug-likeness (QED) is 0.652. The van der Waals surface area contributed by atoms with Crippen LogP contribution in [0.3, 0.4) is 0 Å². The summed E-state index contributed by atoms with van der Waals surface area (Å²) in [6.07, 6.45) is 2.07. The van der Waals surface area contributed by atoms with Gasteiger partial charge >= 0.3 is 0 Å². The van der Waals surface area contributed by atoms with E-state index in [9.17, 15) is 4.79 Å². The highest BCUT2D eigenvalue weighted by Crippen LogP contribution is 1.94. The van der Waals surface area contributed by atoms with Crippen LogP contribution in [0.5, 0.6) is 0 Å². The maximum Gasteiger partial charge on any atom is 0.221 e. The van der Waals surface area contributed by atoms with E-state index in [0.717, 1.165) is 5.69 Å². The third-order valence-corrected chi connectivity index (χ3v) is 1.76. The number of rotatable bonds is 4. The molecule has 1 rings (SSSR count). The molecule has 1 amide bonds. The smallest absolute Gasteiger partial charge is 0.221 e. The first kappa shape index (κ1) is 9.73. The van der Waals surface area contributed by atoms with Gasteiger partial charge in [-0.3, -0.25) is 9.48 Å². The number of aryl methyl sites for hydroxylation is 1. The predicted molar refractivity (Wildman–Crippen MR) is 48.7 cm³/mol. The van der Waals surface area contributed by atoms with Crippen molar-refractivity contribution < 1.29 is 4.79 Å². The molecule has 72 valence electrons. The van der Waals surface area contributed by atoms with Crippen molar-refractivity contribution in [2.75, 3.05) is 6.54 Å². The Morgan fingerprint density at radius 2 is 2.54 bits per heavy atom. The number of hydrogen-bond donors (Lipinski definition) is 2. The van der Waals surface area contributed by atoms with Crippen LogP contribution in [0.25, 0.3) is 0 Å². The van der Waals surface area contributed by atoms with E-state index >= 15 is 0 Å². The third-order valence-electron chi connectivity index (χ3n) is 1.76. The summed E-state index contributed by atoms with van der Waals surface area (Å²) < 4.78 is 1.72. The maximum atomic E-state index is 11.0. The molecule has 0 aromatic carbocycles. The van der Waals surface area contributed by atoms with E-state index in [1.54, 1.807) is 10.9 Å². The minimum Gasteiger partial charge on any atom is -0.350 e. The SMILES string of the molecule is Cn1nccc1CNC(=O)CCN. The average Bonchev–Trinajstić information content (AvgIpc) is 2.48. The molecule has 0 spiro atoms. The number of nitrogens with one attached hydrogen (secondary N) is 1. The van der Waals surface area contributed by atoms with Crippen LogP contribution in [-0.4, -0.2) is 22.2 Å².